The van der Waals surface area contributed by atoms with Gasteiger partial charge in [0.2, 0.25) is 5.91 Å². The number of carbonyl (C=O) groups excluding carboxylic acids is 1. The van der Waals surface area contributed by atoms with E-state index in [1.165, 1.54) is 4.88 Å². The van der Waals surface area contributed by atoms with E-state index >= 15 is 0 Å². The third-order valence-corrected chi connectivity index (χ3v) is 9.29. The number of fused-ring (bicyclic) bond motifs is 2. The fourth-order valence-electron chi connectivity index (χ4n) is 6.50. The molecule has 1 saturated carbocycles. The van der Waals surface area contributed by atoms with Gasteiger partial charge in [-0.05, 0) is 48.6 Å². The van der Waals surface area contributed by atoms with Crippen molar-refractivity contribution in [2.24, 2.45) is 23.2 Å². The molecule has 1 amide bonds. The number of thiazole rings is 1. The molecule has 1 saturated heterocycles. The van der Waals surface area contributed by atoms with Crippen LogP contribution in [0.1, 0.15) is 50.1 Å². The first-order valence-electron chi connectivity index (χ1n) is 12.2. The minimum Gasteiger partial charge on any atom is -0.392 e. The Hall–Kier alpha value is -1.96. The van der Waals surface area contributed by atoms with Crippen molar-refractivity contribution in [3.05, 3.63) is 40.9 Å². The number of hydrogen-bond acceptors (Lipinski definition) is 6. The molecule has 5 rings (SSSR count). The zero-order valence-electron chi connectivity index (χ0n) is 19.8. The lowest BCUT2D eigenvalue weighted by atomic mass is 9.53. The topological polar surface area (TPSA) is 74.7 Å². The third kappa shape index (κ3) is 4.19. The van der Waals surface area contributed by atoms with Crippen LogP contribution in [-0.4, -0.2) is 53.3 Å². The number of nitrogens with zero attached hydrogens (tertiary/aromatic N) is 2. The van der Waals surface area contributed by atoms with Crippen molar-refractivity contribution in [3.8, 4) is 0 Å². The van der Waals surface area contributed by atoms with Gasteiger partial charge in [-0.2, -0.15) is 0 Å². The van der Waals surface area contributed by atoms with Gasteiger partial charge in [0.15, 0.2) is 5.13 Å². The summed E-state index contributed by atoms with van der Waals surface area (Å²) in [6.07, 6.45) is 2.37. The molecule has 0 spiro atoms. The van der Waals surface area contributed by atoms with Crippen molar-refractivity contribution < 1.29 is 14.6 Å². The lowest BCUT2D eigenvalue weighted by molar-refractivity contribution is -0.148. The van der Waals surface area contributed by atoms with Crippen LogP contribution < -0.4 is 5.32 Å². The lowest BCUT2D eigenvalue weighted by Gasteiger charge is -2.53. The van der Waals surface area contributed by atoms with Crippen LogP contribution in [0.2, 0.25) is 0 Å². The summed E-state index contributed by atoms with van der Waals surface area (Å²) in [5.41, 5.74) is 2.18. The van der Waals surface area contributed by atoms with E-state index in [2.05, 4.69) is 19.2 Å². The van der Waals surface area contributed by atoms with Crippen molar-refractivity contribution in [3.63, 3.8) is 0 Å². The zero-order chi connectivity index (χ0) is 23.2. The maximum absolute atomic E-state index is 13.2. The highest BCUT2D eigenvalue weighted by molar-refractivity contribution is 7.15. The summed E-state index contributed by atoms with van der Waals surface area (Å²) in [5.74, 6) is 0.239. The first-order valence-corrected chi connectivity index (χ1v) is 13.1. The lowest BCUT2D eigenvalue weighted by Crippen LogP contribution is -2.54. The number of hydrogen-bond donors (Lipinski definition) is 2. The Morgan fingerprint density at radius 1 is 1.30 bits per heavy atom. The highest BCUT2D eigenvalue weighted by Crippen LogP contribution is 2.57. The molecule has 2 N–H and O–H groups in total. The quantitative estimate of drug-likeness (QED) is 0.693. The zero-order valence-corrected chi connectivity index (χ0v) is 20.6. The van der Waals surface area contributed by atoms with Gasteiger partial charge < -0.3 is 20.1 Å². The van der Waals surface area contributed by atoms with E-state index in [-0.39, 0.29) is 35.0 Å². The van der Waals surface area contributed by atoms with Crippen LogP contribution in [0, 0.1) is 23.2 Å². The Kier molecular flexibility index (Phi) is 6.23. The highest BCUT2D eigenvalue weighted by atomic mass is 32.1. The third-order valence-electron chi connectivity index (χ3n) is 8.30. The van der Waals surface area contributed by atoms with Crippen LogP contribution in [0.5, 0.6) is 0 Å². The highest BCUT2D eigenvalue weighted by Gasteiger charge is 2.54. The summed E-state index contributed by atoms with van der Waals surface area (Å²) >= 11 is 1.74. The van der Waals surface area contributed by atoms with Crippen molar-refractivity contribution in [1.82, 2.24) is 9.88 Å². The van der Waals surface area contributed by atoms with Gasteiger partial charge in [-0.25, -0.2) is 4.98 Å². The van der Waals surface area contributed by atoms with Gasteiger partial charge in [0.1, 0.15) is 0 Å². The van der Waals surface area contributed by atoms with E-state index in [0.717, 1.165) is 35.8 Å². The number of anilines is 2. The number of aliphatic hydroxyl groups is 1. The summed E-state index contributed by atoms with van der Waals surface area (Å²) in [4.78, 5) is 21.4. The van der Waals surface area contributed by atoms with E-state index in [0.29, 0.717) is 26.3 Å². The largest absolute Gasteiger partial charge is 0.392 e. The monoisotopic (exact) mass is 469 g/mol. The van der Waals surface area contributed by atoms with Crippen LogP contribution in [0.25, 0.3) is 0 Å². The molecule has 6 atom stereocenters. The SMILES string of the molecule is C[C@H](C(=O)N1CCOCC1)[C@H]1CC[C@@]2(C)Cc3sc(Nc4ccccc4)nc3[C@@H](C)[C@@H]2[C@H]1O. The number of amides is 1. The Balaban J connectivity index is 1.36. The summed E-state index contributed by atoms with van der Waals surface area (Å²) < 4.78 is 5.41. The van der Waals surface area contributed by atoms with Crippen molar-refractivity contribution in [2.45, 2.75) is 52.1 Å². The minimum absolute atomic E-state index is 0.0111. The standard InChI is InChI=1S/C26H35N3O3S/c1-16(24(31)29-11-13-32-14-12-29)19-9-10-26(3)15-20-22(17(2)21(26)23(19)30)28-25(33-20)27-18-7-5-4-6-8-18/h4-8,16-17,19,21,23,30H,9-15H2,1-3H3,(H,27,28)/t16-,17-,19+,21+,23-,26-/m0/s1. The minimum atomic E-state index is -0.501. The second kappa shape index (κ2) is 9.01. The number of para-hydroxylation sites is 1. The molecule has 2 aromatic rings. The fourth-order valence-corrected chi connectivity index (χ4v) is 7.78. The fraction of sp³-hybridized carbons (Fsp3) is 0.615. The predicted octanol–water partition coefficient (Wildman–Crippen LogP) is 4.43. The van der Waals surface area contributed by atoms with Gasteiger partial charge in [-0.1, -0.05) is 39.0 Å². The van der Waals surface area contributed by atoms with Gasteiger partial charge in [0.25, 0.3) is 0 Å². The Bertz CT molecular complexity index is 990. The summed E-state index contributed by atoms with van der Waals surface area (Å²) in [7, 11) is 0. The smallest absolute Gasteiger partial charge is 0.225 e. The van der Waals surface area contributed by atoms with E-state index in [4.69, 9.17) is 9.72 Å². The van der Waals surface area contributed by atoms with Crippen LogP contribution in [0.3, 0.4) is 0 Å². The molecule has 1 aromatic carbocycles. The summed E-state index contributed by atoms with van der Waals surface area (Å²) in [6, 6.07) is 10.1. The van der Waals surface area contributed by atoms with E-state index in [1.807, 2.05) is 42.2 Å². The molecular weight excluding hydrogens is 434 g/mol. The molecule has 3 aliphatic rings. The molecule has 0 unspecified atom stereocenters. The van der Waals surface area contributed by atoms with Crippen LogP contribution in [0.15, 0.2) is 30.3 Å². The average Bonchev–Trinajstić information content (AvgIpc) is 3.21. The maximum Gasteiger partial charge on any atom is 0.225 e. The van der Waals surface area contributed by atoms with Crippen molar-refractivity contribution >= 4 is 28.1 Å². The molecule has 1 aliphatic heterocycles. The molecule has 33 heavy (non-hydrogen) atoms. The second-order valence-corrected chi connectivity index (χ2v) is 11.5. The first kappa shape index (κ1) is 22.8. The van der Waals surface area contributed by atoms with Crippen molar-refractivity contribution in [2.75, 3.05) is 31.6 Å². The Morgan fingerprint density at radius 2 is 2.03 bits per heavy atom. The Labute approximate surface area is 200 Å². The molecule has 6 nitrogen and oxygen atoms in total. The van der Waals surface area contributed by atoms with E-state index in [1.54, 1.807) is 11.3 Å². The summed E-state index contributed by atoms with van der Waals surface area (Å²) in [6.45, 7) is 9.08. The molecule has 0 radical (unpaired) electrons. The van der Waals surface area contributed by atoms with Gasteiger partial charge >= 0.3 is 0 Å². The first-order chi connectivity index (χ1) is 15.9. The normalized spacial score (nSPS) is 32.5. The second-order valence-electron chi connectivity index (χ2n) is 10.4. The van der Waals surface area contributed by atoms with Crippen molar-refractivity contribution in [1.29, 1.82) is 0 Å². The number of aromatic nitrogens is 1. The van der Waals surface area contributed by atoms with Crippen LogP contribution in [0.4, 0.5) is 10.8 Å². The number of carbonyl (C=O) groups is 1. The van der Waals surface area contributed by atoms with Gasteiger partial charge in [0.05, 0.1) is 25.0 Å². The maximum atomic E-state index is 13.2. The van der Waals surface area contributed by atoms with Gasteiger partial charge in [-0.3, -0.25) is 4.79 Å². The molecule has 2 fully saturated rings. The average molecular weight is 470 g/mol. The van der Waals surface area contributed by atoms with Gasteiger partial charge in [0, 0.05) is 35.5 Å². The predicted molar refractivity (Wildman–Crippen MR) is 131 cm³/mol. The van der Waals surface area contributed by atoms with Crippen LogP contribution >= 0.6 is 11.3 Å². The van der Waals surface area contributed by atoms with Crippen LogP contribution in [-0.2, 0) is 16.0 Å². The number of nitrogens with one attached hydrogen (secondary N) is 1. The summed E-state index contributed by atoms with van der Waals surface area (Å²) in [5, 5.41) is 16.0. The van der Waals surface area contributed by atoms with E-state index < -0.39 is 6.10 Å². The number of benzene rings is 1. The number of aliphatic hydroxyl groups excluding tert-OH is 1. The number of rotatable bonds is 4. The molecule has 0 bridgehead atoms. The Morgan fingerprint density at radius 3 is 2.76 bits per heavy atom. The molecule has 7 heteroatoms. The van der Waals surface area contributed by atoms with E-state index in [9.17, 15) is 9.90 Å². The number of ether oxygens (including phenoxy) is 1. The molecule has 178 valence electrons. The van der Waals surface area contributed by atoms with Gasteiger partial charge in [-0.15, -0.1) is 11.3 Å². The molecular formula is C26H35N3O3S. The number of morpholine rings is 1. The molecule has 2 aliphatic carbocycles. The molecule has 2 heterocycles. The molecule has 1 aromatic heterocycles.